The van der Waals surface area contributed by atoms with Crippen molar-refractivity contribution < 1.29 is 17.7 Å². The van der Waals surface area contributed by atoms with Crippen LogP contribution < -0.4 is 14.6 Å². The first-order chi connectivity index (χ1) is 14.6. The summed E-state index contributed by atoms with van der Waals surface area (Å²) in [7, 11) is -0.456. The van der Waals surface area contributed by atoms with Crippen molar-refractivity contribution in [2.75, 3.05) is 36.4 Å². The van der Waals surface area contributed by atoms with Crippen LogP contribution in [0.5, 0.6) is 5.75 Å². The number of hydrazone groups is 1. The highest BCUT2D eigenvalue weighted by Crippen LogP contribution is 2.46. The Hall–Kier alpha value is -2.80. The third kappa shape index (κ3) is 5.28. The van der Waals surface area contributed by atoms with Crippen molar-refractivity contribution in [1.29, 1.82) is 0 Å². The summed E-state index contributed by atoms with van der Waals surface area (Å²) in [5.74, 6) is 3.79. The average molecular weight is 444 g/mol. The van der Waals surface area contributed by atoms with Gasteiger partial charge in [-0.25, -0.2) is 0 Å². The summed E-state index contributed by atoms with van der Waals surface area (Å²) in [4.78, 5) is 2.14. The predicted molar refractivity (Wildman–Crippen MR) is 125 cm³/mol. The fraction of sp³-hybridized carbons (Fsp3) is 0.391. The first-order valence-corrected chi connectivity index (χ1v) is 11.8. The van der Waals surface area contributed by atoms with Gasteiger partial charge in [-0.1, -0.05) is 18.2 Å². The van der Waals surface area contributed by atoms with Gasteiger partial charge in [-0.2, -0.15) is 8.42 Å². The van der Waals surface area contributed by atoms with E-state index in [0.29, 0.717) is 19.4 Å². The number of para-hydroxylation sites is 1. The molecule has 0 amide bonds. The van der Waals surface area contributed by atoms with Gasteiger partial charge < -0.3 is 9.64 Å². The van der Waals surface area contributed by atoms with Gasteiger partial charge in [0.25, 0.3) is 10.1 Å². The zero-order valence-electron chi connectivity index (χ0n) is 18.4. The molecule has 3 rings (SSSR count). The number of nitrogens with zero attached hydrogens (tertiary/aromatic N) is 3. The molecule has 0 radical (unpaired) electrons. The SMILES string of the molecule is COc1ccc(N(C)N=C=C2N(CCCCS(=O)(=O)O)c3ccccc3C2(C)C)cc1. The Labute approximate surface area is 184 Å². The maximum atomic E-state index is 11.0. The Morgan fingerprint density at radius 1 is 1.13 bits per heavy atom. The van der Waals surface area contributed by atoms with Gasteiger partial charge in [0.1, 0.15) is 5.75 Å². The Bertz CT molecular complexity index is 1090. The number of fused-ring (bicyclic) bond motifs is 1. The van der Waals surface area contributed by atoms with Crippen LogP contribution in [-0.4, -0.2) is 45.3 Å². The molecule has 0 aromatic heterocycles. The summed E-state index contributed by atoms with van der Waals surface area (Å²) < 4.78 is 36.3. The number of hydrogen-bond donors (Lipinski definition) is 1. The fourth-order valence-corrected chi connectivity index (χ4v) is 4.36. The van der Waals surface area contributed by atoms with Gasteiger partial charge >= 0.3 is 0 Å². The molecule has 0 saturated heterocycles. The van der Waals surface area contributed by atoms with Crippen LogP contribution in [0.2, 0.25) is 0 Å². The number of hydrogen-bond acceptors (Lipinski definition) is 6. The molecule has 0 atom stereocenters. The molecule has 0 bridgehead atoms. The highest BCUT2D eigenvalue weighted by molar-refractivity contribution is 7.85. The van der Waals surface area contributed by atoms with Gasteiger partial charge in [0.2, 0.25) is 0 Å². The minimum Gasteiger partial charge on any atom is -0.497 e. The van der Waals surface area contributed by atoms with Crippen molar-refractivity contribution in [1.82, 2.24) is 0 Å². The summed E-state index contributed by atoms with van der Waals surface area (Å²) in [5, 5.41) is 6.31. The molecular formula is C23H29N3O4S. The van der Waals surface area contributed by atoms with Crippen molar-refractivity contribution in [2.45, 2.75) is 32.1 Å². The number of benzene rings is 2. The molecule has 0 aliphatic carbocycles. The predicted octanol–water partition coefficient (Wildman–Crippen LogP) is 4.07. The molecule has 7 nitrogen and oxygen atoms in total. The largest absolute Gasteiger partial charge is 0.497 e. The van der Waals surface area contributed by atoms with E-state index < -0.39 is 10.1 Å². The minimum absolute atomic E-state index is 0.237. The Morgan fingerprint density at radius 2 is 1.81 bits per heavy atom. The molecule has 0 unspecified atom stereocenters. The number of unbranched alkanes of at least 4 members (excludes halogenated alkanes) is 1. The topological polar surface area (TPSA) is 82.4 Å². The first-order valence-electron chi connectivity index (χ1n) is 10.2. The van der Waals surface area contributed by atoms with Gasteiger partial charge in [0.15, 0.2) is 0 Å². The van der Waals surface area contributed by atoms with Crippen LogP contribution in [0.3, 0.4) is 0 Å². The molecule has 0 spiro atoms. The highest BCUT2D eigenvalue weighted by atomic mass is 32.2. The highest BCUT2D eigenvalue weighted by Gasteiger charge is 2.40. The lowest BCUT2D eigenvalue weighted by Gasteiger charge is -2.24. The first kappa shape index (κ1) is 22.9. The van der Waals surface area contributed by atoms with E-state index in [4.69, 9.17) is 9.29 Å². The normalized spacial score (nSPS) is 14.7. The standard InChI is InChI=1S/C23H29N3O4S/c1-23(2)20-9-5-6-10-21(20)26(15-7-8-16-31(27,28)29)22(23)17-24-25(3)18-11-13-19(30-4)14-12-18/h5-6,9-14H,7-8,15-16H2,1-4H3,(H,27,28,29). The number of ether oxygens (including phenoxy) is 1. The van der Waals surface area contributed by atoms with Crippen LogP contribution >= 0.6 is 0 Å². The number of anilines is 2. The van der Waals surface area contributed by atoms with Crippen LogP contribution in [0.25, 0.3) is 0 Å². The van der Waals surface area contributed by atoms with Crippen molar-refractivity contribution >= 4 is 27.4 Å². The van der Waals surface area contributed by atoms with Crippen LogP contribution in [0.4, 0.5) is 11.4 Å². The second-order valence-electron chi connectivity index (χ2n) is 8.07. The van der Waals surface area contributed by atoms with Gasteiger partial charge in [-0.15, -0.1) is 5.10 Å². The van der Waals surface area contributed by atoms with E-state index in [1.54, 1.807) is 12.1 Å². The van der Waals surface area contributed by atoms with Crippen LogP contribution in [0.15, 0.2) is 59.3 Å². The molecule has 1 aliphatic heterocycles. The molecule has 2 aromatic rings. The van der Waals surface area contributed by atoms with E-state index >= 15 is 0 Å². The molecule has 0 saturated carbocycles. The Balaban J connectivity index is 1.89. The van der Waals surface area contributed by atoms with E-state index in [1.165, 1.54) is 5.56 Å². The lowest BCUT2D eigenvalue weighted by Crippen LogP contribution is -2.28. The molecule has 1 aliphatic rings. The van der Waals surface area contributed by atoms with Crippen molar-refractivity contribution in [3.63, 3.8) is 0 Å². The van der Waals surface area contributed by atoms with E-state index in [0.717, 1.165) is 22.8 Å². The lowest BCUT2D eigenvalue weighted by atomic mass is 9.84. The second kappa shape index (κ2) is 9.14. The van der Waals surface area contributed by atoms with E-state index in [-0.39, 0.29) is 11.2 Å². The molecule has 166 valence electrons. The van der Waals surface area contributed by atoms with E-state index in [2.05, 4.69) is 41.9 Å². The summed E-state index contributed by atoms with van der Waals surface area (Å²) in [6, 6.07) is 15.8. The van der Waals surface area contributed by atoms with Gasteiger partial charge in [0.05, 0.1) is 24.2 Å². The molecule has 0 fully saturated rings. The minimum atomic E-state index is -3.95. The van der Waals surface area contributed by atoms with E-state index in [1.807, 2.05) is 43.4 Å². The van der Waals surface area contributed by atoms with Crippen molar-refractivity contribution in [3.8, 4) is 5.75 Å². The zero-order valence-corrected chi connectivity index (χ0v) is 19.2. The average Bonchev–Trinajstić information content (AvgIpc) is 2.95. The maximum absolute atomic E-state index is 11.0. The van der Waals surface area contributed by atoms with Crippen molar-refractivity contribution in [3.05, 3.63) is 59.8 Å². The molecule has 1 heterocycles. The molecule has 31 heavy (non-hydrogen) atoms. The van der Waals surface area contributed by atoms with Gasteiger partial charge in [-0.3, -0.25) is 9.56 Å². The Morgan fingerprint density at radius 3 is 2.45 bits per heavy atom. The van der Waals surface area contributed by atoms with Crippen LogP contribution in [0, 0.1) is 0 Å². The van der Waals surface area contributed by atoms with Crippen LogP contribution in [-0.2, 0) is 15.5 Å². The maximum Gasteiger partial charge on any atom is 0.264 e. The molecular weight excluding hydrogens is 414 g/mol. The molecule has 2 aromatic carbocycles. The smallest absolute Gasteiger partial charge is 0.264 e. The van der Waals surface area contributed by atoms with Crippen LogP contribution in [0.1, 0.15) is 32.3 Å². The van der Waals surface area contributed by atoms with Gasteiger partial charge in [-0.05, 0) is 62.6 Å². The number of rotatable bonds is 8. The van der Waals surface area contributed by atoms with E-state index in [9.17, 15) is 8.42 Å². The summed E-state index contributed by atoms with van der Waals surface area (Å²) in [6.45, 7) is 4.88. The molecule has 8 heteroatoms. The van der Waals surface area contributed by atoms with Gasteiger partial charge in [0, 0.05) is 30.6 Å². The third-order valence-electron chi connectivity index (χ3n) is 5.52. The zero-order chi connectivity index (χ0) is 22.6. The lowest BCUT2D eigenvalue weighted by molar-refractivity contribution is 0.415. The monoisotopic (exact) mass is 443 g/mol. The number of methoxy groups -OCH3 is 1. The Kier molecular flexibility index (Phi) is 6.74. The quantitative estimate of drug-likeness (QED) is 0.287. The summed E-state index contributed by atoms with van der Waals surface area (Å²) >= 11 is 0. The van der Waals surface area contributed by atoms with Crippen molar-refractivity contribution in [2.24, 2.45) is 5.10 Å². The second-order valence-corrected chi connectivity index (χ2v) is 9.64. The summed E-state index contributed by atoms with van der Waals surface area (Å²) in [6.07, 6.45) is 0.998. The summed E-state index contributed by atoms with van der Waals surface area (Å²) in [5.41, 5.74) is 3.77. The third-order valence-corrected chi connectivity index (χ3v) is 6.32. The number of allylic oxidation sites excluding steroid dienone is 1. The molecule has 1 N–H and O–H groups in total. The fourth-order valence-electron chi connectivity index (χ4n) is 3.79.